The van der Waals surface area contributed by atoms with Crippen LogP contribution >= 0.6 is 0 Å². The van der Waals surface area contributed by atoms with Crippen molar-refractivity contribution < 1.29 is 26.4 Å². The van der Waals surface area contributed by atoms with E-state index in [0.29, 0.717) is 0 Å². The van der Waals surface area contributed by atoms with E-state index in [2.05, 4.69) is 20.2 Å². The van der Waals surface area contributed by atoms with Gasteiger partial charge in [0.25, 0.3) is 5.91 Å². The lowest BCUT2D eigenvalue weighted by Crippen LogP contribution is -2.25. The van der Waals surface area contributed by atoms with Crippen molar-refractivity contribution in [1.82, 2.24) is 24.6 Å². The fourth-order valence-corrected chi connectivity index (χ4v) is 3.19. The highest BCUT2D eigenvalue weighted by molar-refractivity contribution is 7.89. The molecule has 0 saturated heterocycles. The summed E-state index contributed by atoms with van der Waals surface area (Å²) >= 11 is 0. The molecule has 0 atom stereocenters. The smallest absolute Gasteiger partial charge is 0.345 e. The highest BCUT2D eigenvalue weighted by atomic mass is 32.2. The van der Waals surface area contributed by atoms with Gasteiger partial charge in [-0.15, -0.1) is 10.2 Å². The lowest BCUT2D eigenvalue weighted by molar-refractivity contribution is -0.137. The van der Waals surface area contributed by atoms with Gasteiger partial charge in [0.05, 0.1) is 17.0 Å². The average Bonchev–Trinajstić information content (AvgIpc) is 3.08. The molecule has 1 aromatic carbocycles. The van der Waals surface area contributed by atoms with Crippen molar-refractivity contribution in [3.8, 4) is 0 Å². The van der Waals surface area contributed by atoms with Crippen LogP contribution in [-0.4, -0.2) is 36.0 Å². The number of carbonyl (C=O) groups is 1. The Balaban J connectivity index is 1.81. The summed E-state index contributed by atoms with van der Waals surface area (Å²) in [6, 6.07) is 7.39. The van der Waals surface area contributed by atoms with Gasteiger partial charge in [-0.25, -0.2) is 13.1 Å². The Morgan fingerprint density at radius 1 is 1.18 bits per heavy atom. The van der Waals surface area contributed by atoms with Crippen LogP contribution in [0.25, 0.3) is 5.65 Å². The molecule has 1 amide bonds. The fraction of sp³-hybridized carbons (Fsp3) is 0.188. The first-order valence-electron chi connectivity index (χ1n) is 7.84. The summed E-state index contributed by atoms with van der Waals surface area (Å²) in [5.41, 5.74) is -0.613. The van der Waals surface area contributed by atoms with Crippen LogP contribution in [0.4, 0.5) is 13.2 Å². The molecule has 8 nitrogen and oxygen atoms in total. The lowest BCUT2D eigenvalue weighted by atomic mass is 10.2. The van der Waals surface area contributed by atoms with Gasteiger partial charge >= 0.3 is 6.18 Å². The number of rotatable bonds is 5. The first-order valence-corrected chi connectivity index (χ1v) is 9.33. The number of hydrogen-bond donors (Lipinski definition) is 2. The van der Waals surface area contributed by atoms with Crippen LogP contribution in [0.1, 0.15) is 21.7 Å². The first kappa shape index (κ1) is 19.8. The molecule has 2 heterocycles. The quantitative estimate of drug-likeness (QED) is 0.661. The molecule has 0 bridgehead atoms. The van der Waals surface area contributed by atoms with Gasteiger partial charge in [0.2, 0.25) is 10.0 Å². The number of amides is 1. The summed E-state index contributed by atoms with van der Waals surface area (Å²) in [5, 5.41) is 10.0. The largest absolute Gasteiger partial charge is 0.417 e. The van der Waals surface area contributed by atoms with Crippen molar-refractivity contribution in [2.45, 2.75) is 17.6 Å². The maximum absolute atomic E-state index is 12.9. The van der Waals surface area contributed by atoms with Gasteiger partial charge in [0.15, 0.2) is 11.5 Å². The molecule has 0 fully saturated rings. The third kappa shape index (κ3) is 3.97. The summed E-state index contributed by atoms with van der Waals surface area (Å²) in [7, 11) is -2.48. The molecule has 12 heteroatoms. The number of aromatic nitrogens is 3. The van der Waals surface area contributed by atoms with Gasteiger partial charge < -0.3 is 5.32 Å². The Labute approximate surface area is 157 Å². The van der Waals surface area contributed by atoms with Crippen LogP contribution in [0.5, 0.6) is 0 Å². The Morgan fingerprint density at radius 3 is 2.61 bits per heavy atom. The molecule has 0 aliphatic heterocycles. The first-order chi connectivity index (χ1) is 13.1. The molecule has 2 N–H and O–H groups in total. The molecule has 148 valence electrons. The minimum Gasteiger partial charge on any atom is -0.345 e. The van der Waals surface area contributed by atoms with E-state index >= 15 is 0 Å². The van der Waals surface area contributed by atoms with E-state index < -0.39 is 27.7 Å². The number of pyridine rings is 1. The van der Waals surface area contributed by atoms with Crippen LogP contribution in [0.2, 0.25) is 0 Å². The highest BCUT2D eigenvalue weighted by Gasteiger charge is 2.31. The van der Waals surface area contributed by atoms with Crippen LogP contribution in [0.3, 0.4) is 0 Å². The molecular formula is C16H14F3N5O3S. The van der Waals surface area contributed by atoms with Gasteiger partial charge in [-0.05, 0) is 37.4 Å². The Bertz CT molecular complexity index is 1140. The second-order valence-electron chi connectivity index (χ2n) is 5.68. The highest BCUT2D eigenvalue weighted by Crippen LogP contribution is 2.29. The number of fused-ring (bicyclic) bond motifs is 1. The predicted molar refractivity (Wildman–Crippen MR) is 91.8 cm³/mol. The molecule has 2 aromatic heterocycles. The van der Waals surface area contributed by atoms with Crippen molar-refractivity contribution in [2.75, 3.05) is 7.05 Å². The van der Waals surface area contributed by atoms with E-state index in [1.54, 1.807) is 0 Å². The zero-order valence-electron chi connectivity index (χ0n) is 14.4. The van der Waals surface area contributed by atoms with E-state index in [1.165, 1.54) is 37.4 Å². The molecule has 0 aliphatic carbocycles. The molecule has 0 spiro atoms. The standard InChI is InChI=1S/C16H14F3N5O3S/c1-20-28(26,27)12-4-2-3-10(7-12)15(25)21-8-14-23-22-13-6-5-11(9-24(13)14)16(17,18)19/h2-7,9,20H,8H2,1H3,(H,21,25). The van der Waals surface area contributed by atoms with E-state index in [9.17, 15) is 26.4 Å². The monoisotopic (exact) mass is 413 g/mol. The molecule has 3 rings (SSSR count). The van der Waals surface area contributed by atoms with Crippen LogP contribution < -0.4 is 10.0 Å². The number of nitrogens with zero attached hydrogens (tertiary/aromatic N) is 3. The summed E-state index contributed by atoms with van der Waals surface area (Å²) in [6.45, 7) is -0.204. The maximum Gasteiger partial charge on any atom is 0.417 e. The van der Waals surface area contributed by atoms with Crippen molar-refractivity contribution in [1.29, 1.82) is 0 Å². The van der Waals surface area contributed by atoms with Crippen molar-refractivity contribution in [3.63, 3.8) is 0 Å². The SMILES string of the molecule is CNS(=O)(=O)c1cccc(C(=O)NCc2nnc3ccc(C(F)(F)F)cn23)c1. The van der Waals surface area contributed by atoms with Gasteiger partial charge in [0.1, 0.15) is 0 Å². The summed E-state index contributed by atoms with van der Waals surface area (Å²) in [5.74, 6) is -0.523. The maximum atomic E-state index is 12.9. The minimum absolute atomic E-state index is 0.0705. The van der Waals surface area contributed by atoms with Crippen LogP contribution in [0, 0.1) is 0 Å². The lowest BCUT2D eigenvalue weighted by Gasteiger charge is -2.09. The number of carbonyl (C=O) groups excluding carboxylic acids is 1. The Morgan fingerprint density at radius 2 is 1.93 bits per heavy atom. The Hall–Kier alpha value is -2.99. The molecule has 0 radical (unpaired) electrons. The molecule has 28 heavy (non-hydrogen) atoms. The molecular weight excluding hydrogens is 399 g/mol. The molecule has 0 aliphatic rings. The second kappa shape index (κ2) is 7.20. The average molecular weight is 413 g/mol. The third-order valence-electron chi connectivity index (χ3n) is 3.88. The van der Waals surface area contributed by atoms with Crippen molar-refractivity contribution in [3.05, 3.63) is 59.5 Å². The number of alkyl halides is 3. The van der Waals surface area contributed by atoms with Gasteiger partial charge in [0, 0.05) is 11.8 Å². The third-order valence-corrected chi connectivity index (χ3v) is 5.29. The topological polar surface area (TPSA) is 105 Å². The fourth-order valence-electron chi connectivity index (χ4n) is 2.41. The second-order valence-corrected chi connectivity index (χ2v) is 7.56. The van der Waals surface area contributed by atoms with E-state index in [4.69, 9.17) is 0 Å². The van der Waals surface area contributed by atoms with E-state index in [1.807, 2.05) is 0 Å². The van der Waals surface area contributed by atoms with E-state index in [0.717, 1.165) is 16.7 Å². The molecule has 0 saturated carbocycles. The number of benzene rings is 1. The number of hydrogen-bond acceptors (Lipinski definition) is 5. The summed E-state index contributed by atoms with van der Waals surface area (Å²) in [6.07, 6.45) is -3.69. The predicted octanol–water partition coefficient (Wildman–Crippen LogP) is 1.59. The van der Waals surface area contributed by atoms with Crippen molar-refractivity contribution in [2.24, 2.45) is 0 Å². The normalized spacial score (nSPS) is 12.3. The van der Waals surface area contributed by atoms with Crippen LogP contribution in [-0.2, 0) is 22.7 Å². The Kier molecular flexibility index (Phi) is 5.08. The van der Waals surface area contributed by atoms with Crippen LogP contribution in [0.15, 0.2) is 47.5 Å². The molecule has 3 aromatic rings. The number of halogens is 3. The van der Waals surface area contributed by atoms with E-state index in [-0.39, 0.29) is 28.5 Å². The summed E-state index contributed by atoms with van der Waals surface area (Å²) < 4.78 is 65.5. The summed E-state index contributed by atoms with van der Waals surface area (Å²) in [4.78, 5) is 12.2. The number of sulfonamides is 1. The number of nitrogens with one attached hydrogen (secondary N) is 2. The van der Waals surface area contributed by atoms with Gasteiger partial charge in [-0.2, -0.15) is 13.2 Å². The van der Waals surface area contributed by atoms with Crippen molar-refractivity contribution >= 4 is 21.6 Å². The zero-order chi connectivity index (χ0) is 20.5. The van der Waals surface area contributed by atoms with Gasteiger partial charge in [-0.3, -0.25) is 9.20 Å². The van der Waals surface area contributed by atoms with Gasteiger partial charge in [-0.1, -0.05) is 6.07 Å². The zero-order valence-corrected chi connectivity index (χ0v) is 15.2. The minimum atomic E-state index is -4.53. The molecule has 0 unspecified atom stereocenters.